The first kappa shape index (κ1) is 15.9. The van der Waals surface area contributed by atoms with E-state index in [1.165, 1.54) is 23.3 Å². The van der Waals surface area contributed by atoms with Crippen LogP contribution in [0.2, 0.25) is 0 Å². The highest BCUT2D eigenvalue weighted by Gasteiger charge is 2.32. The molecule has 4 atom stereocenters. The summed E-state index contributed by atoms with van der Waals surface area (Å²) in [5, 5.41) is 0.562. The van der Waals surface area contributed by atoms with Gasteiger partial charge in [0.15, 0.2) is 0 Å². The lowest BCUT2D eigenvalue weighted by Crippen LogP contribution is -2.42. The number of thioether (sulfide) groups is 1. The van der Waals surface area contributed by atoms with Crippen molar-refractivity contribution < 1.29 is 0 Å². The highest BCUT2D eigenvalue weighted by Crippen LogP contribution is 2.39. The van der Waals surface area contributed by atoms with Crippen LogP contribution >= 0.6 is 11.8 Å². The zero-order chi connectivity index (χ0) is 14.9. The molecule has 1 saturated carbocycles. The van der Waals surface area contributed by atoms with E-state index in [2.05, 4.69) is 58.9 Å². The van der Waals surface area contributed by atoms with Gasteiger partial charge < -0.3 is 5.73 Å². The number of hydrogen-bond acceptors (Lipinski definition) is 2. The van der Waals surface area contributed by atoms with Gasteiger partial charge in [0.2, 0.25) is 0 Å². The largest absolute Gasteiger partial charge is 0.327 e. The predicted octanol–water partition coefficient (Wildman–Crippen LogP) is 4.84. The monoisotopic (exact) mass is 291 g/mol. The lowest BCUT2D eigenvalue weighted by molar-refractivity contribution is 0.279. The minimum atomic E-state index is 0.229. The summed E-state index contributed by atoms with van der Waals surface area (Å²) >= 11 is 1.98. The van der Waals surface area contributed by atoms with E-state index in [-0.39, 0.29) is 5.41 Å². The summed E-state index contributed by atoms with van der Waals surface area (Å²) in [6.07, 6.45) is 2.48. The van der Waals surface area contributed by atoms with Crippen molar-refractivity contribution in [2.24, 2.45) is 17.6 Å². The topological polar surface area (TPSA) is 26.0 Å². The second-order valence-electron chi connectivity index (χ2n) is 7.57. The van der Waals surface area contributed by atoms with Crippen LogP contribution in [0.5, 0.6) is 0 Å². The normalized spacial score (nSPS) is 31.3. The standard InChI is InChI=1S/C18H29NS/c1-12-10-13(2)17(16(19)11-12)20-15-8-6-14(7-9-15)18(3,4)5/h6-9,12-13,16-17H,10-11,19H2,1-5H3. The second-order valence-corrected chi connectivity index (χ2v) is 8.83. The lowest BCUT2D eigenvalue weighted by Gasteiger charge is -2.37. The van der Waals surface area contributed by atoms with Crippen LogP contribution in [-0.2, 0) is 5.41 Å². The van der Waals surface area contributed by atoms with Crippen molar-refractivity contribution in [3.8, 4) is 0 Å². The van der Waals surface area contributed by atoms with Crippen molar-refractivity contribution in [2.45, 2.75) is 69.1 Å². The molecule has 0 radical (unpaired) electrons. The zero-order valence-electron chi connectivity index (χ0n) is 13.5. The third-order valence-corrected chi connectivity index (χ3v) is 6.05. The maximum Gasteiger partial charge on any atom is 0.0272 e. The summed E-state index contributed by atoms with van der Waals surface area (Å²) in [4.78, 5) is 1.36. The number of hydrogen-bond donors (Lipinski definition) is 1. The molecule has 20 heavy (non-hydrogen) atoms. The first-order chi connectivity index (χ1) is 9.27. The van der Waals surface area contributed by atoms with Crippen LogP contribution in [0, 0.1) is 11.8 Å². The molecule has 1 nitrogen and oxygen atoms in total. The molecule has 2 N–H and O–H groups in total. The molecule has 1 aromatic carbocycles. The van der Waals surface area contributed by atoms with E-state index in [0.717, 1.165) is 5.92 Å². The van der Waals surface area contributed by atoms with E-state index in [1.54, 1.807) is 0 Å². The Morgan fingerprint density at radius 1 is 1.05 bits per heavy atom. The van der Waals surface area contributed by atoms with Gasteiger partial charge in [0.05, 0.1) is 0 Å². The van der Waals surface area contributed by atoms with Gasteiger partial charge in [-0.1, -0.05) is 46.8 Å². The molecule has 0 amide bonds. The average Bonchev–Trinajstić information content (AvgIpc) is 2.33. The van der Waals surface area contributed by atoms with Crippen molar-refractivity contribution in [3.05, 3.63) is 29.8 Å². The third-order valence-electron chi connectivity index (χ3n) is 4.42. The highest BCUT2D eigenvalue weighted by atomic mass is 32.2. The summed E-state index contributed by atoms with van der Waals surface area (Å²) in [6, 6.07) is 9.40. The quantitative estimate of drug-likeness (QED) is 0.844. The molecule has 2 rings (SSSR count). The Balaban J connectivity index is 2.06. The van der Waals surface area contributed by atoms with Gasteiger partial charge in [-0.3, -0.25) is 0 Å². The van der Waals surface area contributed by atoms with Crippen LogP contribution in [0.4, 0.5) is 0 Å². The summed E-state index contributed by atoms with van der Waals surface area (Å²) < 4.78 is 0. The van der Waals surface area contributed by atoms with Crippen molar-refractivity contribution in [1.82, 2.24) is 0 Å². The minimum absolute atomic E-state index is 0.229. The molecule has 2 heteroatoms. The summed E-state index contributed by atoms with van der Waals surface area (Å²) in [6.45, 7) is 11.5. The van der Waals surface area contributed by atoms with Gasteiger partial charge in [-0.05, 0) is 47.8 Å². The first-order valence-electron chi connectivity index (χ1n) is 7.80. The molecule has 1 aromatic rings. The van der Waals surface area contributed by atoms with Crippen LogP contribution in [0.15, 0.2) is 29.2 Å². The van der Waals surface area contributed by atoms with Crippen molar-refractivity contribution in [3.63, 3.8) is 0 Å². The van der Waals surface area contributed by atoms with Gasteiger partial charge in [0, 0.05) is 16.2 Å². The van der Waals surface area contributed by atoms with Crippen molar-refractivity contribution in [2.75, 3.05) is 0 Å². The van der Waals surface area contributed by atoms with E-state index in [1.807, 2.05) is 11.8 Å². The molecule has 4 unspecified atom stereocenters. The lowest BCUT2D eigenvalue weighted by atomic mass is 9.80. The van der Waals surface area contributed by atoms with Gasteiger partial charge >= 0.3 is 0 Å². The fourth-order valence-electron chi connectivity index (χ4n) is 3.28. The molecule has 0 spiro atoms. The Morgan fingerprint density at radius 3 is 2.15 bits per heavy atom. The van der Waals surface area contributed by atoms with Crippen LogP contribution in [0.1, 0.15) is 53.0 Å². The van der Waals surface area contributed by atoms with Crippen molar-refractivity contribution >= 4 is 11.8 Å². The fraction of sp³-hybridized carbons (Fsp3) is 0.667. The molecule has 112 valence electrons. The Kier molecular flexibility index (Phi) is 4.86. The smallest absolute Gasteiger partial charge is 0.0272 e. The fourth-order valence-corrected chi connectivity index (χ4v) is 4.52. The van der Waals surface area contributed by atoms with Crippen LogP contribution in [0.3, 0.4) is 0 Å². The number of nitrogens with two attached hydrogens (primary N) is 1. The third kappa shape index (κ3) is 3.79. The van der Waals surface area contributed by atoms with Gasteiger partial charge in [0.25, 0.3) is 0 Å². The SMILES string of the molecule is CC1CC(C)C(Sc2ccc(C(C)(C)C)cc2)C(N)C1. The van der Waals surface area contributed by atoms with Crippen molar-refractivity contribution in [1.29, 1.82) is 0 Å². The molecule has 0 saturated heterocycles. The van der Waals surface area contributed by atoms with E-state index in [9.17, 15) is 0 Å². The number of benzene rings is 1. The molecule has 0 heterocycles. The maximum absolute atomic E-state index is 6.39. The van der Waals surface area contributed by atoms with Gasteiger partial charge in [-0.15, -0.1) is 11.8 Å². The second kappa shape index (κ2) is 6.11. The van der Waals surface area contributed by atoms with Gasteiger partial charge in [0.1, 0.15) is 0 Å². The summed E-state index contributed by atoms with van der Waals surface area (Å²) in [5.74, 6) is 1.49. The van der Waals surface area contributed by atoms with Crippen LogP contribution in [-0.4, -0.2) is 11.3 Å². The van der Waals surface area contributed by atoms with E-state index in [0.29, 0.717) is 17.2 Å². The Morgan fingerprint density at radius 2 is 1.65 bits per heavy atom. The molecule has 1 fully saturated rings. The number of rotatable bonds is 2. The van der Waals surface area contributed by atoms with Crippen LogP contribution in [0.25, 0.3) is 0 Å². The van der Waals surface area contributed by atoms with Gasteiger partial charge in [-0.2, -0.15) is 0 Å². The average molecular weight is 292 g/mol. The van der Waals surface area contributed by atoms with E-state index in [4.69, 9.17) is 5.73 Å². The Hall–Kier alpha value is -0.470. The first-order valence-corrected chi connectivity index (χ1v) is 8.68. The summed E-state index contributed by atoms with van der Waals surface area (Å²) in [5.41, 5.74) is 8.01. The molecule has 0 bridgehead atoms. The molecular formula is C18H29NS. The maximum atomic E-state index is 6.39. The molecule has 0 aliphatic heterocycles. The predicted molar refractivity (Wildman–Crippen MR) is 90.3 cm³/mol. The minimum Gasteiger partial charge on any atom is -0.327 e. The zero-order valence-corrected chi connectivity index (χ0v) is 14.3. The van der Waals surface area contributed by atoms with Gasteiger partial charge in [-0.25, -0.2) is 0 Å². The molecular weight excluding hydrogens is 262 g/mol. The summed E-state index contributed by atoms with van der Waals surface area (Å²) in [7, 11) is 0. The Labute approximate surface area is 128 Å². The van der Waals surface area contributed by atoms with Crippen LogP contribution < -0.4 is 5.73 Å². The molecule has 1 aliphatic carbocycles. The molecule has 1 aliphatic rings. The highest BCUT2D eigenvalue weighted by molar-refractivity contribution is 8.00. The van der Waals surface area contributed by atoms with E-state index < -0.39 is 0 Å². The molecule has 0 aromatic heterocycles. The Bertz CT molecular complexity index is 420. The van der Waals surface area contributed by atoms with E-state index >= 15 is 0 Å².